The third-order valence-electron chi connectivity index (χ3n) is 4.62. The number of methoxy groups -OCH3 is 1. The summed E-state index contributed by atoms with van der Waals surface area (Å²) in [6, 6.07) is 11.4. The molecule has 1 atom stereocenters. The molecule has 1 aromatic heterocycles. The van der Waals surface area contributed by atoms with Crippen LogP contribution in [0.4, 0.5) is 11.5 Å². The summed E-state index contributed by atoms with van der Waals surface area (Å²) in [5.41, 5.74) is 2.05. The number of hydrogen-bond acceptors (Lipinski definition) is 4. The molecule has 0 spiro atoms. The Labute approximate surface area is 176 Å². The third-order valence-corrected chi connectivity index (χ3v) is 5.36. The smallest absolute Gasteiger partial charge is 0.249 e. The Kier molecular flexibility index (Phi) is 5.17. The van der Waals surface area contributed by atoms with E-state index in [1.807, 2.05) is 24.3 Å². The van der Waals surface area contributed by atoms with E-state index in [4.69, 9.17) is 27.9 Å². The second kappa shape index (κ2) is 7.77. The predicted octanol–water partition coefficient (Wildman–Crippen LogP) is 4.39. The minimum Gasteiger partial charge on any atom is -0.497 e. The Bertz CT molecular complexity index is 1100. The van der Waals surface area contributed by atoms with E-state index in [2.05, 4.69) is 15.7 Å². The first-order chi connectivity index (χ1) is 14.0. The molecule has 0 saturated heterocycles. The standard InChI is InChI=1S/C20H16Cl2N4O3/c1-29-13-5-2-11(3-6-13)14-10-23-26-17(9-18(27)25-19(14)26)20(28)24-12-4-7-15(21)16(22)8-12/h2-8,10,17H,9H2,1H3,(H,24,28)(H,25,27). The van der Waals surface area contributed by atoms with E-state index in [1.54, 1.807) is 31.5 Å². The second-order valence-corrected chi connectivity index (χ2v) is 7.28. The predicted molar refractivity (Wildman–Crippen MR) is 112 cm³/mol. The highest BCUT2D eigenvalue weighted by Gasteiger charge is 2.33. The molecular weight excluding hydrogens is 415 g/mol. The highest BCUT2D eigenvalue weighted by atomic mass is 35.5. The van der Waals surface area contributed by atoms with Crippen LogP contribution in [0.25, 0.3) is 11.1 Å². The first-order valence-corrected chi connectivity index (χ1v) is 9.49. The van der Waals surface area contributed by atoms with Gasteiger partial charge in [-0.05, 0) is 35.9 Å². The van der Waals surface area contributed by atoms with Gasteiger partial charge < -0.3 is 15.4 Å². The van der Waals surface area contributed by atoms with Crippen molar-refractivity contribution in [3.8, 4) is 16.9 Å². The van der Waals surface area contributed by atoms with E-state index in [0.717, 1.165) is 11.3 Å². The van der Waals surface area contributed by atoms with Gasteiger partial charge in [0.2, 0.25) is 11.8 Å². The number of benzene rings is 2. The average molecular weight is 431 g/mol. The molecule has 9 heteroatoms. The first kappa shape index (κ1) is 19.3. The number of hydrogen-bond donors (Lipinski definition) is 2. The van der Waals surface area contributed by atoms with E-state index in [0.29, 0.717) is 27.1 Å². The van der Waals surface area contributed by atoms with Crippen LogP contribution in [-0.2, 0) is 9.59 Å². The SMILES string of the molecule is COc1ccc(-c2cnn3c2NC(=O)CC3C(=O)Nc2ccc(Cl)c(Cl)c2)cc1. The maximum absolute atomic E-state index is 12.9. The van der Waals surface area contributed by atoms with Crippen LogP contribution < -0.4 is 15.4 Å². The molecule has 0 aliphatic carbocycles. The molecule has 29 heavy (non-hydrogen) atoms. The van der Waals surface area contributed by atoms with Gasteiger partial charge in [-0.1, -0.05) is 35.3 Å². The van der Waals surface area contributed by atoms with Crippen LogP contribution in [-0.4, -0.2) is 28.7 Å². The Balaban J connectivity index is 1.64. The largest absolute Gasteiger partial charge is 0.497 e. The Morgan fingerprint density at radius 1 is 1.21 bits per heavy atom. The zero-order chi connectivity index (χ0) is 20.5. The van der Waals surface area contributed by atoms with Gasteiger partial charge in [0.25, 0.3) is 0 Å². The van der Waals surface area contributed by atoms with Gasteiger partial charge in [0.05, 0.1) is 29.8 Å². The van der Waals surface area contributed by atoms with E-state index in [9.17, 15) is 9.59 Å². The number of rotatable bonds is 4. The van der Waals surface area contributed by atoms with Crippen LogP contribution in [0.2, 0.25) is 10.0 Å². The fourth-order valence-electron chi connectivity index (χ4n) is 3.15. The van der Waals surface area contributed by atoms with Gasteiger partial charge >= 0.3 is 0 Å². The molecule has 2 N–H and O–H groups in total. The average Bonchev–Trinajstić information content (AvgIpc) is 3.13. The topological polar surface area (TPSA) is 85.2 Å². The van der Waals surface area contributed by atoms with Crippen molar-refractivity contribution in [2.24, 2.45) is 0 Å². The van der Waals surface area contributed by atoms with E-state index >= 15 is 0 Å². The number of ether oxygens (including phenoxy) is 1. The maximum atomic E-state index is 12.9. The van der Waals surface area contributed by atoms with Crippen molar-refractivity contribution in [2.75, 3.05) is 17.7 Å². The summed E-state index contributed by atoms with van der Waals surface area (Å²) in [6.45, 7) is 0. The monoisotopic (exact) mass is 430 g/mol. The molecule has 0 saturated carbocycles. The van der Waals surface area contributed by atoms with Crippen LogP contribution in [0.5, 0.6) is 5.75 Å². The number of nitrogens with zero attached hydrogens (tertiary/aromatic N) is 2. The molecule has 1 unspecified atom stereocenters. The maximum Gasteiger partial charge on any atom is 0.249 e. The van der Waals surface area contributed by atoms with E-state index < -0.39 is 6.04 Å². The molecule has 0 radical (unpaired) electrons. The lowest BCUT2D eigenvalue weighted by Gasteiger charge is -2.24. The summed E-state index contributed by atoms with van der Waals surface area (Å²) in [4.78, 5) is 25.1. The Hall–Kier alpha value is -3.03. The number of halogens is 2. The zero-order valence-electron chi connectivity index (χ0n) is 15.3. The molecule has 148 valence electrons. The molecule has 1 aliphatic heterocycles. The molecule has 2 heterocycles. The minimum absolute atomic E-state index is 0.0239. The van der Waals surface area contributed by atoms with Crippen molar-refractivity contribution in [2.45, 2.75) is 12.5 Å². The highest BCUT2D eigenvalue weighted by Crippen LogP contribution is 2.35. The van der Waals surface area contributed by atoms with Crippen molar-refractivity contribution in [1.82, 2.24) is 9.78 Å². The molecule has 1 aliphatic rings. The normalized spacial score (nSPS) is 15.4. The minimum atomic E-state index is -0.791. The third kappa shape index (κ3) is 3.79. The van der Waals surface area contributed by atoms with Crippen molar-refractivity contribution < 1.29 is 14.3 Å². The van der Waals surface area contributed by atoms with Gasteiger partial charge in [-0.25, -0.2) is 4.68 Å². The number of fused-ring (bicyclic) bond motifs is 1. The summed E-state index contributed by atoms with van der Waals surface area (Å²) in [5, 5.41) is 10.6. The van der Waals surface area contributed by atoms with Gasteiger partial charge in [-0.15, -0.1) is 0 Å². The second-order valence-electron chi connectivity index (χ2n) is 6.47. The summed E-state index contributed by atoms with van der Waals surface area (Å²) < 4.78 is 6.70. The van der Waals surface area contributed by atoms with E-state index in [1.165, 1.54) is 4.68 Å². The summed E-state index contributed by atoms with van der Waals surface area (Å²) >= 11 is 11.9. The summed E-state index contributed by atoms with van der Waals surface area (Å²) in [6.07, 6.45) is 1.60. The van der Waals surface area contributed by atoms with Crippen molar-refractivity contribution in [3.63, 3.8) is 0 Å². The van der Waals surface area contributed by atoms with Gasteiger partial charge in [0.15, 0.2) is 0 Å². The summed E-state index contributed by atoms with van der Waals surface area (Å²) in [5.74, 6) is 0.560. The molecular formula is C20H16Cl2N4O3. The molecule has 0 fully saturated rings. The lowest BCUT2D eigenvalue weighted by atomic mass is 10.1. The Morgan fingerprint density at radius 3 is 2.66 bits per heavy atom. The molecule has 0 bridgehead atoms. The summed E-state index contributed by atoms with van der Waals surface area (Å²) in [7, 11) is 1.59. The van der Waals surface area contributed by atoms with Gasteiger partial charge in [-0.3, -0.25) is 9.59 Å². The van der Waals surface area contributed by atoms with Crippen LogP contribution >= 0.6 is 23.2 Å². The lowest BCUT2D eigenvalue weighted by molar-refractivity contribution is -0.125. The zero-order valence-corrected chi connectivity index (χ0v) is 16.8. The fourth-order valence-corrected chi connectivity index (χ4v) is 3.45. The molecule has 4 rings (SSSR count). The molecule has 3 aromatic rings. The van der Waals surface area contributed by atoms with Crippen molar-refractivity contribution >= 4 is 46.5 Å². The van der Waals surface area contributed by atoms with Crippen molar-refractivity contribution in [1.29, 1.82) is 0 Å². The Morgan fingerprint density at radius 2 is 1.97 bits per heavy atom. The van der Waals surface area contributed by atoms with Gasteiger partial charge in [0.1, 0.15) is 17.6 Å². The highest BCUT2D eigenvalue weighted by molar-refractivity contribution is 6.42. The number of nitrogens with one attached hydrogen (secondary N) is 2. The van der Waals surface area contributed by atoms with Crippen molar-refractivity contribution in [3.05, 3.63) is 58.7 Å². The van der Waals surface area contributed by atoms with Crippen LogP contribution in [0.1, 0.15) is 12.5 Å². The molecule has 7 nitrogen and oxygen atoms in total. The number of anilines is 2. The van der Waals surface area contributed by atoms with Crippen LogP contribution in [0.15, 0.2) is 48.7 Å². The number of carbonyl (C=O) groups excluding carboxylic acids is 2. The number of carbonyl (C=O) groups is 2. The van der Waals surface area contributed by atoms with Gasteiger partial charge in [-0.2, -0.15) is 5.10 Å². The number of amides is 2. The van der Waals surface area contributed by atoms with E-state index in [-0.39, 0.29) is 18.2 Å². The number of aromatic nitrogens is 2. The molecule has 2 amide bonds. The van der Waals surface area contributed by atoms with Gasteiger partial charge in [0, 0.05) is 11.3 Å². The molecule has 2 aromatic carbocycles. The fraction of sp³-hybridized carbons (Fsp3) is 0.150. The first-order valence-electron chi connectivity index (χ1n) is 8.74. The van der Waals surface area contributed by atoms with Crippen LogP contribution in [0, 0.1) is 0 Å². The quantitative estimate of drug-likeness (QED) is 0.642. The van der Waals surface area contributed by atoms with Crippen LogP contribution in [0.3, 0.4) is 0 Å². The lowest BCUT2D eigenvalue weighted by Crippen LogP contribution is -2.35.